The molecule has 0 aliphatic carbocycles. The van der Waals surface area contributed by atoms with Crippen LogP contribution in [-0.2, 0) is 0 Å². The van der Waals surface area contributed by atoms with E-state index in [9.17, 15) is 0 Å². The van der Waals surface area contributed by atoms with Crippen LogP contribution in [0.4, 0.5) is 0 Å². The molecule has 0 fully saturated rings. The molecule has 2 aromatic heterocycles. The molecule has 3 rings (SSSR count). The van der Waals surface area contributed by atoms with E-state index in [1.807, 2.05) is 24.3 Å². The first-order valence-corrected chi connectivity index (χ1v) is 4.93. The van der Waals surface area contributed by atoms with Crippen LogP contribution >= 0.6 is 0 Å². The SMILES string of the molecule is N#Cc1ccnc2c1ccc1cccnc12. The summed E-state index contributed by atoms with van der Waals surface area (Å²) in [6.07, 6.45) is 3.39. The van der Waals surface area contributed by atoms with Crippen molar-refractivity contribution in [2.24, 2.45) is 0 Å². The highest BCUT2D eigenvalue weighted by Crippen LogP contribution is 2.23. The van der Waals surface area contributed by atoms with Crippen molar-refractivity contribution < 1.29 is 0 Å². The van der Waals surface area contributed by atoms with Gasteiger partial charge in [0, 0.05) is 23.2 Å². The average Bonchev–Trinajstić information content (AvgIpc) is 2.37. The van der Waals surface area contributed by atoms with Crippen molar-refractivity contribution in [1.29, 1.82) is 5.26 Å². The number of nitrogens with zero attached hydrogens (tertiary/aromatic N) is 3. The summed E-state index contributed by atoms with van der Waals surface area (Å²) in [6, 6.07) is 11.7. The normalized spacial score (nSPS) is 10.4. The summed E-state index contributed by atoms with van der Waals surface area (Å²) in [5.41, 5.74) is 2.27. The summed E-state index contributed by atoms with van der Waals surface area (Å²) in [7, 11) is 0. The summed E-state index contributed by atoms with van der Waals surface area (Å²) >= 11 is 0. The van der Waals surface area contributed by atoms with E-state index in [-0.39, 0.29) is 0 Å². The molecule has 0 saturated heterocycles. The largest absolute Gasteiger partial charge is 0.254 e. The third-order valence-electron chi connectivity index (χ3n) is 2.60. The van der Waals surface area contributed by atoms with Gasteiger partial charge >= 0.3 is 0 Å². The molecule has 0 unspecified atom stereocenters. The zero-order valence-corrected chi connectivity index (χ0v) is 8.38. The molecule has 2 heterocycles. The lowest BCUT2D eigenvalue weighted by Crippen LogP contribution is -1.87. The Labute approximate surface area is 92.0 Å². The molecule has 0 atom stereocenters. The molecule has 0 aliphatic rings. The zero-order valence-electron chi connectivity index (χ0n) is 8.38. The molecule has 0 spiro atoms. The fraction of sp³-hybridized carbons (Fsp3) is 0. The van der Waals surface area contributed by atoms with Crippen LogP contribution < -0.4 is 0 Å². The fourth-order valence-electron chi connectivity index (χ4n) is 1.85. The maximum atomic E-state index is 9.01. The second kappa shape index (κ2) is 3.28. The Morgan fingerprint density at radius 2 is 1.81 bits per heavy atom. The highest BCUT2D eigenvalue weighted by atomic mass is 14.7. The van der Waals surface area contributed by atoms with Crippen LogP contribution in [0.3, 0.4) is 0 Å². The van der Waals surface area contributed by atoms with Gasteiger partial charge in [0.05, 0.1) is 22.7 Å². The Bertz CT molecular complexity index is 726. The van der Waals surface area contributed by atoms with Crippen molar-refractivity contribution in [1.82, 2.24) is 9.97 Å². The highest BCUT2D eigenvalue weighted by Gasteiger charge is 2.05. The van der Waals surface area contributed by atoms with Crippen LogP contribution in [-0.4, -0.2) is 9.97 Å². The van der Waals surface area contributed by atoms with E-state index in [1.54, 1.807) is 18.5 Å². The molecule has 3 aromatic rings. The standard InChI is InChI=1S/C13H7N3/c14-8-10-5-7-16-13-11(10)4-3-9-2-1-6-15-12(9)13/h1-7H. The van der Waals surface area contributed by atoms with E-state index < -0.39 is 0 Å². The molecule has 74 valence electrons. The molecule has 0 aliphatic heterocycles. The minimum Gasteiger partial charge on any atom is -0.254 e. The predicted octanol–water partition coefficient (Wildman–Crippen LogP) is 2.65. The van der Waals surface area contributed by atoms with E-state index in [2.05, 4.69) is 16.0 Å². The molecular formula is C13H7N3. The van der Waals surface area contributed by atoms with Gasteiger partial charge < -0.3 is 0 Å². The van der Waals surface area contributed by atoms with Crippen molar-refractivity contribution >= 4 is 21.8 Å². The van der Waals surface area contributed by atoms with Gasteiger partial charge in [0.2, 0.25) is 0 Å². The number of rotatable bonds is 0. The van der Waals surface area contributed by atoms with E-state index in [1.165, 1.54) is 0 Å². The molecule has 0 bridgehead atoms. The van der Waals surface area contributed by atoms with E-state index >= 15 is 0 Å². The molecule has 0 amide bonds. The second-order valence-corrected chi connectivity index (χ2v) is 3.51. The van der Waals surface area contributed by atoms with Gasteiger partial charge in [-0.3, -0.25) is 9.97 Å². The maximum Gasteiger partial charge on any atom is 0.0999 e. The summed E-state index contributed by atoms with van der Waals surface area (Å²) in [6.45, 7) is 0. The molecule has 1 aromatic carbocycles. The summed E-state index contributed by atoms with van der Waals surface area (Å²) in [5, 5.41) is 10.9. The number of benzene rings is 1. The number of aromatic nitrogens is 2. The average molecular weight is 205 g/mol. The first-order chi connectivity index (χ1) is 7.90. The van der Waals surface area contributed by atoms with Gasteiger partial charge in [-0.05, 0) is 12.1 Å². The Morgan fingerprint density at radius 3 is 2.69 bits per heavy atom. The highest BCUT2D eigenvalue weighted by molar-refractivity contribution is 6.04. The Hall–Kier alpha value is -2.47. The van der Waals surface area contributed by atoms with Gasteiger partial charge in [-0.15, -0.1) is 0 Å². The molecule has 3 heteroatoms. The van der Waals surface area contributed by atoms with E-state index in [0.29, 0.717) is 5.56 Å². The molecule has 0 radical (unpaired) electrons. The van der Waals surface area contributed by atoms with Gasteiger partial charge in [0.25, 0.3) is 0 Å². The van der Waals surface area contributed by atoms with Crippen LogP contribution in [0.2, 0.25) is 0 Å². The summed E-state index contributed by atoms with van der Waals surface area (Å²) in [5.74, 6) is 0. The summed E-state index contributed by atoms with van der Waals surface area (Å²) in [4.78, 5) is 8.62. The second-order valence-electron chi connectivity index (χ2n) is 3.51. The monoisotopic (exact) mass is 205 g/mol. The third-order valence-corrected chi connectivity index (χ3v) is 2.60. The fourth-order valence-corrected chi connectivity index (χ4v) is 1.85. The quantitative estimate of drug-likeness (QED) is 0.530. The van der Waals surface area contributed by atoms with Crippen LogP contribution in [0.25, 0.3) is 21.8 Å². The third kappa shape index (κ3) is 1.14. The zero-order chi connectivity index (χ0) is 11.0. The van der Waals surface area contributed by atoms with Crippen LogP contribution in [0.5, 0.6) is 0 Å². The minimum atomic E-state index is 0.637. The van der Waals surface area contributed by atoms with Crippen molar-refractivity contribution in [3.63, 3.8) is 0 Å². The first-order valence-electron chi connectivity index (χ1n) is 4.93. The Morgan fingerprint density at radius 1 is 0.938 bits per heavy atom. The van der Waals surface area contributed by atoms with Crippen molar-refractivity contribution in [2.45, 2.75) is 0 Å². The Kier molecular flexibility index (Phi) is 1.81. The van der Waals surface area contributed by atoms with Gasteiger partial charge in [0.1, 0.15) is 0 Å². The number of hydrogen-bond donors (Lipinski definition) is 0. The number of fused-ring (bicyclic) bond motifs is 3. The van der Waals surface area contributed by atoms with Crippen LogP contribution in [0.1, 0.15) is 5.56 Å². The van der Waals surface area contributed by atoms with Gasteiger partial charge in [-0.25, -0.2) is 0 Å². The van der Waals surface area contributed by atoms with Crippen LogP contribution in [0.15, 0.2) is 42.7 Å². The van der Waals surface area contributed by atoms with Crippen molar-refractivity contribution in [3.05, 3.63) is 48.3 Å². The van der Waals surface area contributed by atoms with Gasteiger partial charge in [0.15, 0.2) is 0 Å². The predicted molar refractivity (Wildman–Crippen MR) is 61.8 cm³/mol. The lowest BCUT2D eigenvalue weighted by atomic mass is 10.1. The van der Waals surface area contributed by atoms with Gasteiger partial charge in [-0.2, -0.15) is 5.26 Å². The number of nitriles is 1. The Balaban J connectivity index is 2.58. The minimum absolute atomic E-state index is 0.637. The molecule has 0 saturated carbocycles. The van der Waals surface area contributed by atoms with E-state index in [4.69, 9.17) is 5.26 Å². The van der Waals surface area contributed by atoms with E-state index in [0.717, 1.165) is 21.8 Å². The molecular weight excluding hydrogens is 198 g/mol. The van der Waals surface area contributed by atoms with Gasteiger partial charge in [-0.1, -0.05) is 18.2 Å². The van der Waals surface area contributed by atoms with Crippen molar-refractivity contribution in [2.75, 3.05) is 0 Å². The summed E-state index contributed by atoms with van der Waals surface area (Å²) < 4.78 is 0. The molecule has 16 heavy (non-hydrogen) atoms. The molecule has 3 nitrogen and oxygen atoms in total. The topological polar surface area (TPSA) is 49.6 Å². The number of hydrogen-bond acceptors (Lipinski definition) is 3. The lowest BCUT2D eigenvalue weighted by Gasteiger charge is -2.02. The van der Waals surface area contributed by atoms with Crippen molar-refractivity contribution in [3.8, 4) is 6.07 Å². The smallest absolute Gasteiger partial charge is 0.0999 e. The maximum absolute atomic E-state index is 9.01. The lowest BCUT2D eigenvalue weighted by molar-refractivity contribution is 1.36. The van der Waals surface area contributed by atoms with Crippen LogP contribution in [0, 0.1) is 11.3 Å². The first kappa shape index (κ1) is 8.81. The molecule has 0 N–H and O–H groups in total. The number of pyridine rings is 2.